The van der Waals surface area contributed by atoms with Crippen LogP contribution in [0.15, 0.2) is 30.3 Å². The molecule has 1 aliphatic rings. The number of hydrogen-bond donors (Lipinski definition) is 3. The van der Waals surface area contributed by atoms with Crippen LogP contribution in [0.2, 0.25) is 0 Å². The number of likely N-dealkylation sites (tertiary alicyclic amines) is 1. The van der Waals surface area contributed by atoms with E-state index >= 15 is 0 Å². The summed E-state index contributed by atoms with van der Waals surface area (Å²) in [5, 5.41) is 21.6. The van der Waals surface area contributed by atoms with Crippen LogP contribution in [0, 0.1) is 5.41 Å². The molecule has 144 valence electrons. The number of carboxylic acids is 1. The minimum atomic E-state index is -0.856. The molecule has 1 unspecified atom stereocenters. The van der Waals surface area contributed by atoms with Gasteiger partial charge in [0.1, 0.15) is 0 Å². The summed E-state index contributed by atoms with van der Waals surface area (Å²) in [7, 11) is 0. The van der Waals surface area contributed by atoms with Crippen molar-refractivity contribution >= 4 is 12.0 Å². The zero-order valence-electron chi connectivity index (χ0n) is 15.5. The number of nitrogens with zero attached hydrogens (tertiary/aromatic N) is 1. The summed E-state index contributed by atoms with van der Waals surface area (Å²) in [4.78, 5) is 25.4. The van der Waals surface area contributed by atoms with Crippen molar-refractivity contribution in [2.75, 3.05) is 19.7 Å². The Morgan fingerprint density at radius 1 is 1.23 bits per heavy atom. The molecule has 0 aliphatic carbocycles. The number of carbonyl (C=O) groups excluding carboxylic acids is 1. The van der Waals surface area contributed by atoms with E-state index in [1.807, 2.05) is 30.3 Å². The van der Waals surface area contributed by atoms with Crippen molar-refractivity contribution in [1.82, 2.24) is 10.2 Å². The highest BCUT2D eigenvalue weighted by Crippen LogP contribution is 2.34. The summed E-state index contributed by atoms with van der Waals surface area (Å²) >= 11 is 0. The van der Waals surface area contributed by atoms with E-state index in [2.05, 4.69) is 12.2 Å². The Kier molecular flexibility index (Phi) is 7.45. The van der Waals surface area contributed by atoms with Crippen molar-refractivity contribution in [3.05, 3.63) is 35.9 Å². The average molecular weight is 362 g/mol. The van der Waals surface area contributed by atoms with Crippen molar-refractivity contribution in [2.45, 2.75) is 51.5 Å². The van der Waals surface area contributed by atoms with E-state index in [0.29, 0.717) is 25.9 Å². The number of piperidine rings is 1. The maximum absolute atomic E-state index is 12.6. The van der Waals surface area contributed by atoms with Gasteiger partial charge >= 0.3 is 12.0 Å². The fourth-order valence-corrected chi connectivity index (χ4v) is 3.50. The van der Waals surface area contributed by atoms with Crippen molar-refractivity contribution in [3.63, 3.8) is 0 Å². The number of rotatable bonds is 8. The Morgan fingerprint density at radius 3 is 2.42 bits per heavy atom. The molecule has 3 N–H and O–H groups in total. The van der Waals surface area contributed by atoms with Crippen LogP contribution in [0.1, 0.15) is 44.6 Å². The summed E-state index contributed by atoms with van der Waals surface area (Å²) < 4.78 is 0. The molecule has 2 amide bonds. The van der Waals surface area contributed by atoms with Gasteiger partial charge in [0.25, 0.3) is 0 Å². The molecule has 0 bridgehead atoms. The molecule has 1 saturated heterocycles. The quantitative estimate of drug-likeness (QED) is 0.663. The molecule has 0 saturated carbocycles. The van der Waals surface area contributed by atoms with Gasteiger partial charge in [-0.05, 0) is 43.1 Å². The third kappa shape index (κ3) is 5.73. The zero-order chi connectivity index (χ0) is 19.0. The summed E-state index contributed by atoms with van der Waals surface area (Å²) in [6.07, 6.45) is 3.55. The molecule has 1 aliphatic heterocycles. The van der Waals surface area contributed by atoms with E-state index in [9.17, 15) is 14.7 Å². The van der Waals surface area contributed by atoms with Crippen molar-refractivity contribution in [1.29, 1.82) is 0 Å². The number of hydrogen-bond acceptors (Lipinski definition) is 3. The van der Waals surface area contributed by atoms with Gasteiger partial charge in [-0.1, -0.05) is 37.3 Å². The third-order valence-corrected chi connectivity index (χ3v) is 5.56. The zero-order valence-corrected chi connectivity index (χ0v) is 15.5. The van der Waals surface area contributed by atoms with Crippen LogP contribution in [0.3, 0.4) is 0 Å². The maximum atomic E-state index is 12.6. The van der Waals surface area contributed by atoms with Gasteiger partial charge in [0.2, 0.25) is 0 Å². The van der Waals surface area contributed by atoms with Crippen molar-refractivity contribution < 1.29 is 19.8 Å². The molecule has 0 spiro atoms. The molecule has 0 aromatic heterocycles. The Hall–Kier alpha value is -2.08. The number of nitrogens with one attached hydrogen (secondary N) is 1. The standard InChI is InChI=1S/C20H30N2O4/c1-2-20(15-23)10-12-22(13-11-20)19(26)21-17(8-9-18(24)25)14-16-6-4-3-5-7-16/h3-7,17,23H,2,8-15H2,1H3,(H,21,26)(H,24,25). The minimum Gasteiger partial charge on any atom is -0.481 e. The second-order valence-corrected chi connectivity index (χ2v) is 7.27. The van der Waals surface area contributed by atoms with Gasteiger partial charge in [0.05, 0.1) is 0 Å². The fraction of sp³-hybridized carbons (Fsp3) is 0.600. The summed E-state index contributed by atoms with van der Waals surface area (Å²) in [5.41, 5.74) is 1.01. The first-order valence-electron chi connectivity index (χ1n) is 9.40. The van der Waals surface area contributed by atoms with Crippen LogP contribution >= 0.6 is 0 Å². The topological polar surface area (TPSA) is 89.9 Å². The van der Waals surface area contributed by atoms with Crippen LogP contribution in [-0.2, 0) is 11.2 Å². The van der Waals surface area contributed by atoms with Gasteiger partial charge in [-0.3, -0.25) is 4.79 Å². The lowest BCUT2D eigenvalue weighted by molar-refractivity contribution is -0.137. The molecule has 26 heavy (non-hydrogen) atoms. The number of aliphatic hydroxyl groups is 1. The van der Waals surface area contributed by atoms with Gasteiger partial charge in [-0.15, -0.1) is 0 Å². The minimum absolute atomic E-state index is 0.0290. The van der Waals surface area contributed by atoms with Crippen molar-refractivity contribution in [3.8, 4) is 0 Å². The number of amides is 2. The first-order valence-corrected chi connectivity index (χ1v) is 9.40. The molecule has 0 radical (unpaired) electrons. The predicted molar refractivity (Wildman–Crippen MR) is 100.0 cm³/mol. The van der Waals surface area contributed by atoms with E-state index in [-0.39, 0.29) is 30.5 Å². The van der Waals surface area contributed by atoms with Crippen LogP contribution in [0.25, 0.3) is 0 Å². The molecule has 6 heteroatoms. The highest BCUT2D eigenvalue weighted by molar-refractivity contribution is 5.75. The molecular formula is C20H30N2O4. The van der Waals surface area contributed by atoms with Crippen LogP contribution in [0.5, 0.6) is 0 Å². The van der Waals surface area contributed by atoms with Crippen molar-refractivity contribution in [2.24, 2.45) is 5.41 Å². The fourth-order valence-electron chi connectivity index (χ4n) is 3.50. The molecule has 1 fully saturated rings. The Balaban J connectivity index is 1.94. The average Bonchev–Trinajstić information content (AvgIpc) is 2.67. The highest BCUT2D eigenvalue weighted by atomic mass is 16.4. The van der Waals surface area contributed by atoms with Crippen LogP contribution in [-0.4, -0.2) is 52.9 Å². The van der Waals surface area contributed by atoms with E-state index in [1.165, 1.54) is 0 Å². The van der Waals surface area contributed by atoms with Crippen LogP contribution in [0.4, 0.5) is 4.79 Å². The van der Waals surface area contributed by atoms with E-state index in [1.54, 1.807) is 4.90 Å². The Morgan fingerprint density at radius 2 is 1.88 bits per heavy atom. The number of urea groups is 1. The molecule has 1 aromatic rings. The molecule has 2 rings (SSSR count). The molecule has 1 atom stereocenters. The maximum Gasteiger partial charge on any atom is 0.317 e. The number of benzene rings is 1. The normalized spacial score (nSPS) is 17.5. The lowest BCUT2D eigenvalue weighted by atomic mass is 9.77. The second kappa shape index (κ2) is 9.57. The Labute approximate surface area is 155 Å². The summed E-state index contributed by atoms with van der Waals surface area (Å²) in [6, 6.07) is 9.43. The third-order valence-electron chi connectivity index (χ3n) is 5.56. The van der Waals surface area contributed by atoms with Gasteiger partial charge in [0, 0.05) is 32.2 Å². The molecular weight excluding hydrogens is 332 g/mol. The Bertz CT molecular complexity index is 577. The predicted octanol–water partition coefficient (Wildman–Crippen LogP) is 2.66. The lowest BCUT2D eigenvalue weighted by Crippen LogP contribution is -2.51. The van der Waals surface area contributed by atoms with Crippen LogP contribution < -0.4 is 5.32 Å². The van der Waals surface area contributed by atoms with Gasteiger partial charge < -0.3 is 20.4 Å². The van der Waals surface area contributed by atoms with Gasteiger partial charge in [-0.25, -0.2) is 4.79 Å². The lowest BCUT2D eigenvalue weighted by Gasteiger charge is -2.40. The van der Waals surface area contributed by atoms with Gasteiger partial charge in [-0.2, -0.15) is 0 Å². The molecule has 6 nitrogen and oxygen atoms in total. The highest BCUT2D eigenvalue weighted by Gasteiger charge is 2.34. The number of aliphatic hydroxyl groups excluding tert-OH is 1. The monoisotopic (exact) mass is 362 g/mol. The smallest absolute Gasteiger partial charge is 0.317 e. The van der Waals surface area contributed by atoms with E-state index < -0.39 is 5.97 Å². The van der Waals surface area contributed by atoms with E-state index in [4.69, 9.17) is 5.11 Å². The molecule has 1 aromatic carbocycles. The first kappa shape index (κ1) is 20.2. The second-order valence-electron chi connectivity index (χ2n) is 7.27. The number of carboxylic acid groups (broad SMARTS) is 1. The SMILES string of the molecule is CCC1(CO)CCN(C(=O)NC(CCC(=O)O)Cc2ccccc2)CC1. The van der Waals surface area contributed by atoms with Gasteiger partial charge in [0.15, 0.2) is 0 Å². The molecule has 1 heterocycles. The number of carbonyl (C=O) groups is 2. The van der Waals surface area contributed by atoms with E-state index in [0.717, 1.165) is 24.8 Å². The summed E-state index contributed by atoms with van der Waals surface area (Å²) in [5.74, 6) is -0.856. The largest absolute Gasteiger partial charge is 0.481 e. The summed E-state index contributed by atoms with van der Waals surface area (Å²) in [6.45, 7) is 3.48. The first-order chi connectivity index (χ1) is 12.5. The number of aliphatic carboxylic acids is 1.